The van der Waals surface area contributed by atoms with Crippen molar-refractivity contribution in [2.75, 3.05) is 19.6 Å². The van der Waals surface area contributed by atoms with Gasteiger partial charge in [0.1, 0.15) is 5.82 Å². The maximum Gasteiger partial charge on any atom is 0.317 e. The van der Waals surface area contributed by atoms with Gasteiger partial charge in [-0.15, -0.1) is 0 Å². The predicted octanol–water partition coefficient (Wildman–Crippen LogP) is 3.01. The zero-order valence-corrected chi connectivity index (χ0v) is 14.4. The number of urea groups is 1. The Hall–Kier alpha value is -2.37. The van der Waals surface area contributed by atoms with Crippen LogP contribution >= 0.6 is 0 Å². The molecule has 24 heavy (non-hydrogen) atoms. The van der Waals surface area contributed by atoms with E-state index in [0.717, 1.165) is 56.0 Å². The number of hydrogen-bond donors (Lipinski definition) is 1. The highest BCUT2D eigenvalue weighted by Crippen LogP contribution is 2.29. The summed E-state index contributed by atoms with van der Waals surface area (Å²) in [6.45, 7) is 6.46. The number of likely N-dealkylation sites (tertiary alicyclic amines) is 1. The molecule has 1 fully saturated rings. The number of aromatic nitrogens is 3. The van der Waals surface area contributed by atoms with Crippen LogP contribution in [0.5, 0.6) is 0 Å². The Kier molecular flexibility index (Phi) is 5.13. The van der Waals surface area contributed by atoms with E-state index < -0.39 is 0 Å². The lowest BCUT2D eigenvalue weighted by molar-refractivity contribution is 0.171. The van der Waals surface area contributed by atoms with Crippen LogP contribution in [0.25, 0.3) is 11.4 Å². The van der Waals surface area contributed by atoms with E-state index in [1.54, 1.807) is 6.20 Å². The minimum atomic E-state index is 0.0603. The summed E-state index contributed by atoms with van der Waals surface area (Å²) in [5, 5.41) is 2.96. The van der Waals surface area contributed by atoms with Crippen molar-refractivity contribution in [1.29, 1.82) is 0 Å². The van der Waals surface area contributed by atoms with Crippen LogP contribution in [0.4, 0.5) is 4.79 Å². The maximum atomic E-state index is 12.1. The van der Waals surface area contributed by atoms with Crippen molar-refractivity contribution < 1.29 is 4.79 Å². The van der Waals surface area contributed by atoms with Crippen molar-refractivity contribution in [2.45, 2.75) is 39.2 Å². The molecular formula is C18H25N5O. The third-order valence-corrected chi connectivity index (χ3v) is 4.54. The number of hydrogen-bond acceptors (Lipinski definition) is 3. The summed E-state index contributed by atoms with van der Waals surface area (Å²) >= 11 is 0. The second-order valence-electron chi connectivity index (χ2n) is 6.29. The summed E-state index contributed by atoms with van der Waals surface area (Å²) in [7, 11) is 0. The number of piperidine rings is 1. The fraction of sp³-hybridized carbons (Fsp3) is 0.500. The van der Waals surface area contributed by atoms with Crippen LogP contribution in [0.2, 0.25) is 0 Å². The van der Waals surface area contributed by atoms with Gasteiger partial charge in [-0.3, -0.25) is 4.98 Å². The first-order chi connectivity index (χ1) is 11.7. The third-order valence-electron chi connectivity index (χ3n) is 4.54. The minimum Gasteiger partial charge on any atom is -0.338 e. The topological polar surface area (TPSA) is 63.1 Å². The van der Waals surface area contributed by atoms with Gasteiger partial charge in [-0.05, 0) is 38.3 Å². The van der Waals surface area contributed by atoms with E-state index in [-0.39, 0.29) is 6.03 Å². The number of carbonyl (C=O) groups is 1. The Morgan fingerprint density at radius 2 is 2.12 bits per heavy atom. The number of nitrogens with one attached hydrogen (secondary N) is 1. The molecule has 2 amide bonds. The van der Waals surface area contributed by atoms with Gasteiger partial charge in [-0.1, -0.05) is 6.92 Å². The third kappa shape index (κ3) is 3.42. The normalized spacial score (nSPS) is 15.5. The first-order valence-corrected chi connectivity index (χ1v) is 8.67. The smallest absolute Gasteiger partial charge is 0.317 e. The molecule has 3 rings (SSSR count). The van der Waals surface area contributed by atoms with Gasteiger partial charge in [0.25, 0.3) is 0 Å². The van der Waals surface area contributed by atoms with Crippen LogP contribution in [-0.2, 0) is 0 Å². The Morgan fingerprint density at radius 3 is 2.79 bits per heavy atom. The molecule has 1 saturated heterocycles. The van der Waals surface area contributed by atoms with Crippen molar-refractivity contribution in [3.63, 3.8) is 0 Å². The van der Waals surface area contributed by atoms with Gasteiger partial charge in [-0.25, -0.2) is 9.78 Å². The first-order valence-electron chi connectivity index (χ1n) is 8.67. The van der Waals surface area contributed by atoms with E-state index in [1.165, 1.54) is 0 Å². The second kappa shape index (κ2) is 7.47. The van der Waals surface area contributed by atoms with Gasteiger partial charge in [0, 0.05) is 55.5 Å². The second-order valence-corrected chi connectivity index (χ2v) is 6.29. The van der Waals surface area contributed by atoms with Crippen molar-refractivity contribution in [3.05, 3.63) is 36.4 Å². The van der Waals surface area contributed by atoms with Gasteiger partial charge in [0.2, 0.25) is 0 Å². The Bertz CT molecular complexity index is 674. The molecular weight excluding hydrogens is 302 g/mol. The molecule has 6 nitrogen and oxygen atoms in total. The predicted molar refractivity (Wildman–Crippen MR) is 93.7 cm³/mol. The summed E-state index contributed by atoms with van der Waals surface area (Å²) in [6, 6.07) is 4.41. The number of carbonyl (C=O) groups excluding carboxylic acids is 1. The number of nitrogens with zero attached hydrogens (tertiary/aromatic N) is 4. The minimum absolute atomic E-state index is 0.0603. The molecule has 1 N–H and O–H groups in total. The molecule has 0 spiro atoms. The molecule has 1 aliphatic rings. The molecule has 6 heteroatoms. The lowest BCUT2D eigenvalue weighted by atomic mass is 10.0. The summed E-state index contributed by atoms with van der Waals surface area (Å²) in [5.41, 5.74) is 2.19. The molecule has 0 aliphatic carbocycles. The van der Waals surface area contributed by atoms with Crippen molar-refractivity contribution in [2.24, 2.45) is 0 Å². The average molecular weight is 327 g/mol. The number of rotatable bonds is 4. The number of aryl methyl sites for hydroxylation is 1. The van der Waals surface area contributed by atoms with Crippen LogP contribution in [0, 0.1) is 6.92 Å². The molecule has 0 bridgehead atoms. The first kappa shape index (κ1) is 16.5. The summed E-state index contributed by atoms with van der Waals surface area (Å²) in [5.74, 6) is 0.967. The van der Waals surface area contributed by atoms with E-state index in [0.29, 0.717) is 6.04 Å². The number of pyridine rings is 1. The Balaban J connectivity index is 1.71. The Morgan fingerprint density at radius 1 is 1.33 bits per heavy atom. The summed E-state index contributed by atoms with van der Waals surface area (Å²) in [4.78, 5) is 22.8. The SMILES string of the molecule is CCCNC(=O)N1CCC(n2c(C)cnc2-c2cccnc2)CC1. The van der Waals surface area contributed by atoms with Crippen LogP contribution in [0.3, 0.4) is 0 Å². The molecule has 0 unspecified atom stereocenters. The lowest BCUT2D eigenvalue weighted by Crippen LogP contribution is -2.45. The summed E-state index contributed by atoms with van der Waals surface area (Å²) in [6.07, 6.45) is 8.41. The largest absolute Gasteiger partial charge is 0.338 e. The van der Waals surface area contributed by atoms with Gasteiger partial charge in [-0.2, -0.15) is 0 Å². The fourth-order valence-electron chi connectivity index (χ4n) is 3.29. The zero-order valence-electron chi connectivity index (χ0n) is 14.4. The summed E-state index contributed by atoms with van der Waals surface area (Å²) < 4.78 is 2.30. The maximum absolute atomic E-state index is 12.1. The molecule has 2 aromatic rings. The number of amides is 2. The highest BCUT2D eigenvalue weighted by atomic mass is 16.2. The average Bonchev–Trinajstić information content (AvgIpc) is 3.02. The van der Waals surface area contributed by atoms with E-state index in [2.05, 4.69) is 33.7 Å². The molecule has 3 heterocycles. The Labute approximate surface area is 142 Å². The quantitative estimate of drug-likeness (QED) is 0.939. The van der Waals surface area contributed by atoms with Gasteiger partial charge in [0.05, 0.1) is 0 Å². The monoisotopic (exact) mass is 327 g/mol. The zero-order chi connectivity index (χ0) is 16.9. The molecule has 0 radical (unpaired) electrons. The van der Waals surface area contributed by atoms with Crippen LogP contribution in [0.1, 0.15) is 37.9 Å². The van der Waals surface area contributed by atoms with Crippen molar-refractivity contribution in [1.82, 2.24) is 24.8 Å². The van der Waals surface area contributed by atoms with E-state index in [4.69, 9.17) is 0 Å². The number of imidazole rings is 1. The lowest BCUT2D eigenvalue weighted by Gasteiger charge is -2.34. The molecule has 0 atom stereocenters. The van der Waals surface area contributed by atoms with Gasteiger partial charge in [0.15, 0.2) is 0 Å². The van der Waals surface area contributed by atoms with E-state index in [1.807, 2.05) is 29.4 Å². The van der Waals surface area contributed by atoms with Gasteiger partial charge >= 0.3 is 6.03 Å². The van der Waals surface area contributed by atoms with E-state index in [9.17, 15) is 4.79 Å². The van der Waals surface area contributed by atoms with E-state index >= 15 is 0 Å². The van der Waals surface area contributed by atoms with Crippen LogP contribution < -0.4 is 5.32 Å². The molecule has 2 aromatic heterocycles. The van der Waals surface area contributed by atoms with Crippen molar-refractivity contribution in [3.8, 4) is 11.4 Å². The molecule has 0 saturated carbocycles. The highest BCUT2D eigenvalue weighted by Gasteiger charge is 2.26. The van der Waals surface area contributed by atoms with Gasteiger partial charge < -0.3 is 14.8 Å². The molecule has 128 valence electrons. The molecule has 0 aromatic carbocycles. The fourth-order valence-corrected chi connectivity index (χ4v) is 3.29. The standard InChI is InChI=1S/C18H25N5O/c1-3-8-20-18(24)22-10-6-16(7-11-22)23-14(2)12-21-17(23)15-5-4-9-19-13-15/h4-5,9,12-13,16H,3,6-8,10-11H2,1-2H3,(H,20,24). The van der Waals surface area contributed by atoms with Crippen LogP contribution in [0.15, 0.2) is 30.7 Å². The van der Waals surface area contributed by atoms with Crippen molar-refractivity contribution >= 4 is 6.03 Å². The van der Waals surface area contributed by atoms with Crippen LogP contribution in [-0.4, -0.2) is 45.1 Å². The molecule has 1 aliphatic heterocycles. The highest BCUT2D eigenvalue weighted by molar-refractivity contribution is 5.74.